The van der Waals surface area contributed by atoms with Gasteiger partial charge in [0, 0.05) is 7.05 Å². The quantitative estimate of drug-likeness (QED) is 0.546. The van der Waals surface area contributed by atoms with Crippen LogP contribution in [-0.4, -0.2) is 40.7 Å². The van der Waals surface area contributed by atoms with Gasteiger partial charge in [0.15, 0.2) is 0 Å². The SMILES string of the molecule is CN1C(Cl)=CCN1NC(=O)C1(C(=O)O)CC1. The van der Waals surface area contributed by atoms with Crippen molar-refractivity contribution in [3.05, 3.63) is 11.2 Å². The number of hydrogen-bond donors (Lipinski definition) is 2. The first-order valence-electron chi connectivity index (χ1n) is 4.89. The molecule has 0 radical (unpaired) electrons. The van der Waals surface area contributed by atoms with E-state index in [9.17, 15) is 9.59 Å². The Balaban J connectivity index is 1.97. The number of nitrogens with zero attached hydrogens (tertiary/aromatic N) is 2. The Labute approximate surface area is 97.4 Å². The number of halogens is 1. The molecule has 2 rings (SSSR count). The summed E-state index contributed by atoms with van der Waals surface area (Å²) in [6, 6.07) is 0. The third-order valence-corrected chi connectivity index (χ3v) is 3.33. The van der Waals surface area contributed by atoms with E-state index >= 15 is 0 Å². The van der Waals surface area contributed by atoms with Crippen molar-refractivity contribution in [2.75, 3.05) is 13.6 Å². The molecule has 16 heavy (non-hydrogen) atoms. The molecule has 7 heteroatoms. The first kappa shape index (κ1) is 11.2. The second kappa shape index (κ2) is 3.64. The largest absolute Gasteiger partial charge is 0.480 e. The van der Waals surface area contributed by atoms with Crippen LogP contribution >= 0.6 is 11.6 Å². The standard InChI is InChI=1S/C9H12ClN3O3/c1-12-6(10)2-5-13(12)11-7(14)9(3-4-9)8(15)16/h2H,3-5H2,1H3,(H,11,14)(H,15,16). The maximum Gasteiger partial charge on any atom is 0.319 e. The van der Waals surface area contributed by atoms with Gasteiger partial charge in [-0.25, -0.2) is 0 Å². The zero-order chi connectivity index (χ0) is 11.9. The first-order chi connectivity index (χ1) is 7.47. The minimum atomic E-state index is -1.23. The third kappa shape index (κ3) is 1.64. The molecule has 2 N–H and O–H groups in total. The predicted molar refractivity (Wildman–Crippen MR) is 55.9 cm³/mol. The lowest BCUT2D eigenvalue weighted by molar-refractivity contribution is -0.153. The monoisotopic (exact) mass is 245 g/mol. The number of nitrogens with one attached hydrogen (secondary N) is 1. The molecule has 1 amide bonds. The molecule has 0 aromatic rings. The van der Waals surface area contributed by atoms with E-state index in [0.29, 0.717) is 24.5 Å². The van der Waals surface area contributed by atoms with E-state index in [1.165, 1.54) is 5.12 Å². The Kier molecular flexibility index (Phi) is 2.55. The highest BCUT2D eigenvalue weighted by molar-refractivity contribution is 6.29. The Morgan fingerprint density at radius 2 is 2.19 bits per heavy atom. The molecule has 1 aliphatic heterocycles. The number of hydrogen-bond acceptors (Lipinski definition) is 4. The number of hydrazine groups is 2. The fourth-order valence-corrected chi connectivity index (χ4v) is 1.70. The van der Waals surface area contributed by atoms with Crippen molar-refractivity contribution >= 4 is 23.5 Å². The van der Waals surface area contributed by atoms with Gasteiger partial charge in [-0.2, -0.15) is 0 Å². The van der Waals surface area contributed by atoms with Crippen LogP contribution in [0, 0.1) is 5.41 Å². The van der Waals surface area contributed by atoms with E-state index in [4.69, 9.17) is 16.7 Å². The predicted octanol–water partition coefficient (Wildman–Crippen LogP) is 0.125. The number of amides is 1. The fourth-order valence-electron chi connectivity index (χ4n) is 1.54. The number of carboxylic acid groups (broad SMARTS) is 1. The third-order valence-electron chi connectivity index (χ3n) is 2.93. The minimum absolute atomic E-state index is 0.396. The topological polar surface area (TPSA) is 72.9 Å². The number of carbonyl (C=O) groups excluding carboxylic acids is 1. The lowest BCUT2D eigenvalue weighted by Gasteiger charge is -2.27. The number of aliphatic carboxylic acids is 1. The number of carboxylic acids is 1. The fraction of sp³-hybridized carbons (Fsp3) is 0.556. The van der Waals surface area contributed by atoms with E-state index in [1.54, 1.807) is 18.1 Å². The summed E-state index contributed by atoms with van der Waals surface area (Å²) < 4.78 is 0. The molecule has 0 spiro atoms. The lowest BCUT2D eigenvalue weighted by Crippen LogP contribution is -2.51. The van der Waals surface area contributed by atoms with Gasteiger partial charge in [-0.05, 0) is 18.9 Å². The van der Waals surface area contributed by atoms with Crippen LogP contribution in [0.15, 0.2) is 11.2 Å². The highest BCUT2D eigenvalue weighted by Gasteiger charge is 2.57. The highest BCUT2D eigenvalue weighted by Crippen LogP contribution is 2.46. The van der Waals surface area contributed by atoms with E-state index < -0.39 is 17.3 Å². The van der Waals surface area contributed by atoms with Crippen molar-refractivity contribution in [1.29, 1.82) is 0 Å². The van der Waals surface area contributed by atoms with Crippen molar-refractivity contribution in [3.63, 3.8) is 0 Å². The van der Waals surface area contributed by atoms with Crippen molar-refractivity contribution in [3.8, 4) is 0 Å². The molecule has 0 bridgehead atoms. The van der Waals surface area contributed by atoms with Gasteiger partial charge in [0.2, 0.25) is 0 Å². The van der Waals surface area contributed by atoms with E-state index in [-0.39, 0.29) is 0 Å². The highest BCUT2D eigenvalue weighted by atomic mass is 35.5. The summed E-state index contributed by atoms with van der Waals surface area (Å²) in [7, 11) is 1.69. The van der Waals surface area contributed by atoms with Crippen molar-refractivity contribution in [2.24, 2.45) is 5.41 Å². The van der Waals surface area contributed by atoms with Crippen LogP contribution in [-0.2, 0) is 9.59 Å². The van der Waals surface area contributed by atoms with Gasteiger partial charge < -0.3 is 5.11 Å². The summed E-state index contributed by atoms with van der Waals surface area (Å²) in [5.74, 6) is -1.54. The molecule has 1 fully saturated rings. The van der Waals surface area contributed by atoms with Gasteiger partial charge in [0.25, 0.3) is 5.91 Å². The zero-order valence-electron chi connectivity index (χ0n) is 8.73. The Morgan fingerprint density at radius 1 is 1.56 bits per heavy atom. The van der Waals surface area contributed by atoms with Crippen LogP contribution < -0.4 is 5.43 Å². The van der Waals surface area contributed by atoms with E-state index in [1.807, 2.05) is 0 Å². The summed E-state index contributed by atoms with van der Waals surface area (Å²) in [5, 5.41) is 12.5. The van der Waals surface area contributed by atoms with Crippen molar-refractivity contribution in [2.45, 2.75) is 12.8 Å². The van der Waals surface area contributed by atoms with Gasteiger partial charge in [-0.15, -0.1) is 5.12 Å². The van der Waals surface area contributed by atoms with Crippen LogP contribution in [0.5, 0.6) is 0 Å². The normalized spacial score (nSPS) is 22.9. The molecule has 1 aliphatic carbocycles. The molecule has 0 aromatic heterocycles. The number of rotatable bonds is 3. The molecular weight excluding hydrogens is 234 g/mol. The molecule has 1 heterocycles. The van der Waals surface area contributed by atoms with Gasteiger partial charge in [0.1, 0.15) is 10.6 Å². The Hall–Kier alpha value is -1.27. The molecular formula is C9H12ClN3O3. The average Bonchev–Trinajstić information content (AvgIpc) is 2.98. The van der Waals surface area contributed by atoms with Crippen LogP contribution in [0.1, 0.15) is 12.8 Å². The second-order valence-corrected chi connectivity index (χ2v) is 4.35. The molecule has 6 nitrogen and oxygen atoms in total. The summed E-state index contributed by atoms with van der Waals surface area (Å²) >= 11 is 5.81. The van der Waals surface area contributed by atoms with Crippen LogP contribution in [0.3, 0.4) is 0 Å². The minimum Gasteiger partial charge on any atom is -0.480 e. The smallest absolute Gasteiger partial charge is 0.319 e. The van der Waals surface area contributed by atoms with Gasteiger partial charge in [-0.3, -0.25) is 20.0 Å². The Morgan fingerprint density at radius 3 is 2.56 bits per heavy atom. The lowest BCUT2D eigenvalue weighted by atomic mass is 10.1. The van der Waals surface area contributed by atoms with Crippen molar-refractivity contribution < 1.29 is 14.7 Å². The van der Waals surface area contributed by atoms with E-state index in [2.05, 4.69) is 5.43 Å². The summed E-state index contributed by atoms with van der Waals surface area (Å²) in [4.78, 5) is 22.7. The molecule has 0 saturated heterocycles. The maximum absolute atomic E-state index is 11.8. The molecule has 0 atom stereocenters. The molecule has 1 saturated carbocycles. The zero-order valence-corrected chi connectivity index (χ0v) is 9.49. The summed E-state index contributed by atoms with van der Waals surface area (Å²) in [6.45, 7) is 0.441. The van der Waals surface area contributed by atoms with Gasteiger partial charge in [0.05, 0.1) is 6.54 Å². The van der Waals surface area contributed by atoms with Crippen LogP contribution in [0.25, 0.3) is 0 Å². The van der Waals surface area contributed by atoms with Gasteiger partial charge >= 0.3 is 5.97 Å². The van der Waals surface area contributed by atoms with Crippen LogP contribution in [0.2, 0.25) is 0 Å². The summed E-state index contributed by atoms with van der Waals surface area (Å²) in [5.41, 5.74) is 1.32. The second-order valence-electron chi connectivity index (χ2n) is 3.96. The average molecular weight is 246 g/mol. The number of carbonyl (C=O) groups is 2. The van der Waals surface area contributed by atoms with Crippen molar-refractivity contribution in [1.82, 2.24) is 15.6 Å². The molecule has 88 valence electrons. The Bertz CT molecular complexity index is 378. The van der Waals surface area contributed by atoms with Gasteiger partial charge in [-0.1, -0.05) is 11.6 Å². The molecule has 0 aromatic carbocycles. The molecule has 0 unspecified atom stereocenters. The molecule has 2 aliphatic rings. The van der Waals surface area contributed by atoms with Crippen LogP contribution in [0.4, 0.5) is 0 Å². The first-order valence-corrected chi connectivity index (χ1v) is 5.26. The summed E-state index contributed by atoms with van der Waals surface area (Å²) in [6.07, 6.45) is 2.52. The van der Waals surface area contributed by atoms with E-state index in [0.717, 1.165) is 0 Å². The maximum atomic E-state index is 11.8.